The lowest BCUT2D eigenvalue weighted by Crippen LogP contribution is -2.45. The molecule has 0 aliphatic carbocycles. The van der Waals surface area contributed by atoms with E-state index in [9.17, 15) is 18.0 Å². The van der Waals surface area contributed by atoms with E-state index >= 15 is 0 Å². The lowest BCUT2D eigenvalue weighted by molar-refractivity contribution is -0.137. The molecule has 2 fully saturated rings. The maximum absolute atomic E-state index is 13.1. The van der Waals surface area contributed by atoms with Crippen molar-refractivity contribution in [3.63, 3.8) is 0 Å². The molecular formula is C25H31N3O4S. The molecule has 176 valence electrons. The molecule has 0 saturated carbocycles. The number of sulfonamides is 1. The van der Waals surface area contributed by atoms with Gasteiger partial charge in [0.25, 0.3) is 15.9 Å². The van der Waals surface area contributed by atoms with E-state index in [1.165, 1.54) is 29.9 Å². The Labute approximate surface area is 196 Å². The molecule has 2 aliphatic rings. The fourth-order valence-corrected chi connectivity index (χ4v) is 5.85. The molecule has 33 heavy (non-hydrogen) atoms. The Morgan fingerprint density at radius 2 is 1.52 bits per heavy atom. The van der Waals surface area contributed by atoms with Crippen molar-refractivity contribution in [2.75, 3.05) is 37.5 Å². The van der Waals surface area contributed by atoms with E-state index < -0.39 is 10.0 Å². The zero-order valence-corrected chi connectivity index (χ0v) is 19.8. The monoisotopic (exact) mass is 469 g/mol. The number of carbonyl (C=O) groups is 2. The summed E-state index contributed by atoms with van der Waals surface area (Å²) in [7, 11) is -2.30. The topological polar surface area (TPSA) is 78.0 Å². The number of hydrogen-bond donors (Lipinski definition) is 0. The van der Waals surface area contributed by atoms with Gasteiger partial charge in [0, 0.05) is 44.7 Å². The van der Waals surface area contributed by atoms with E-state index in [4.69, 9.17) is 0 Å². The van der Waals surface area contributed by atoms with Crippen LogP contribution in [0.5, 0.6) is 0 Å². The SMILES string of the molecule is CN(c1ccccc1)S(=O)(=O)c1cccc(C(=O)N2CCC(C(=O)N3CCCCC3)CC2)c1. The van der Waals surface area contributed by atoms with Gasteiger partial charge in [0.05, 0.1) is 10.6 Å². The van der Waals surface area contributed by atoms with Crippen LogP contribution in [0.2, 0.25) is 0 Å². The summed E-state index contributed by atoms with van der Waals surface area (Å²) in [5, 5.41) is 0. The number of likely N-dealkylation sites (tertiary alicyclic amines) is 2. The number of para-hydroxylation sites is 1. The molecule has 4 rings (SSSR count). The summed E-state index contributed by atoms with van der Waals surface area (Å²) in [6.45, 7) is 2.70. The quantitative estimate of drug-likeness (QED) is 0.673. The van der Waals surface area contributed by atoms with Crippen LogP contribution in [0.4, 0.5) is 5.69 Å². The van der Waals surface area contributed by atoms with E-state index in [0.29, 0.717) is 37.2 Å². The summed E-state index contributed by atoms with van der Waals surface area (Å²) in [5.74, 6) is -0.00416. The number of benzene rings is 2. The third-order valence-electron chi connectivity index (χ3n) is 6.66. The van der Waals surface area contributed by atoms with Crippen molar-refractivity contribution >= 4 is 27.5 Å². The van der Waals surface area contributed by atoms with Gasteiger partial charge in [-0.05, 0) is 62.4 Å². The van der Waals surface area contributed by atoms with Crippen LogP contribution in [0.3, 0.4) is 0 Å². The van der Waals surface area contributed by atoms with Gasteiger partial charge in [-0.15, -0.1) is 0 Å². The molecule has 2 amide bonds. The molecule has 2 heterocycles. The Balaban J connectivity index is 1.42. The number of amides is 2. The minimum atomic E-state index is -3.80. The third-order valence-corrected chi connectivity index (χ3v) is 8.44. The second-order valence-electron chi connectivity index (χ2n) is 8.79. The third kappa shape index (κ3) is 5.05. The summed E-state index contributed by atoms with van der Waals surface area (Å²) in [6.07, 6.45) is 4.63. The van der Waals surface area contributed by atoms with Crippen LogP contribution in [0, 0.1) is 5.92 Å². The summed E-state index contributed by atoms with van der Waals surface area (Å²) in [5.41, 5.74) is 0.896. The first-order valence-corrected chi connectivity index (χ1v) is 13.0. The van der Waals surface area contributed by atoms with Gasteiger partial charge in [-0.3, -0.25) is 13.9 Å². The first-order valence-electron chi connectivity index (χ1n) is 11.6. The van der Waals surface area contributed by atoms with Gasteiger partial charge >= 0.3 is 0 Å². The van der Waals surface area contributed by atoms with E-state index in [1.54, 1.807) is 41.3 Å². The highest BCUT2D eigenvalue weighted by Crippen LogP contribution is 2.25. The number of rotatable bonds is 5. The first kappa shape index (κ1) is 23.3. The van der Waals surface area contributed by atoms with Crippen molar-refractivity contribution in [2.45, 2.75) is 37.0 Å². The Bertz CT molecular complexity index is 1090. The minimum Gasteiger partial charge on any atom is -0.342 e. The Hall–Kier alpha value is -2.87. The van der Waals surface area contributed by atoms with E-state index in [2.05, 4.69) is 0 Å². The Morgan fingerprint density at radius 3 is 2.18 bits per heavy atom. The van der Waals surface area contributed by atoms with Gasteiger partial charge in [0.1, 0.15) is 0 Å². The van der Waals surface area contributed by atoms with Gasteiger partial charge in [0.15, 0.2) is 0 Å². The van der Waals surface area contributed by atoms with E-state index in [-0.39, 0.29) is 22.6 Å². The molecule has 0 bridgehead atoms. The fraction of sp³-hybridized carbons (Fsp3) is 0.440. The molecule has 2 saturated heterocycles. The molecule has 2 aromatic rings. The van der Waals surface area contributed by atoms with Crippen LogP contribution in [-0.4, -0.2) is 63.3 Å². The van der Waals surface area contributed by atoms with Crippen molar-refractivity contribution in [2.24, 2.45) is 5.92 Å². The summed E-state index contributed by atoms with van der Waals surface area (Å²) < 4.78 is 27.4. The highest BCUT2D eigenvalue weighted by Gasteiger charge is 2.31. The summed E-state index contributed by atoms with van der Waals surface area (Å²) in [6, 6.07) is 15.0. The maximum Gasteiger partial charge on any atom is 0.264 e. The average Bonchev–Trinajstić information content (AvgIpc) is 2.88. The maximum atomic E-state index is 13.1. The second kappa shape index (κ2) is 9.95. The second-order valence-corrected chi connectivity index (χ2v) is 10.8. The molecule has 8 heteroatoms. The van der Waals surface area contributed by atoms with Crippen molar-refractivity contribution in [1.82, 2.24) is 9.80 Å². The molecule has 2 aliphatic heterocycles. The van der Waals surface area contributed by atoms with Gasteiger partial charge in [-0.2, -0.15) is 0 Å². The van der Waals surface area contributed by atoms with Gasteiger partial charge < -0.3 is 9.80 Å². The first-order chi connectivity index (χ1) is 15.9. The molecule has 7 nitrogen and oxygen atoms in total. The highest BCUT2D eigenvalue weighted by atomic mass is 32.2. The normalized spacial score (nSPS) is 17.6. The van der Waals surface area contributed by atoms with Gasteiger partial charge in [0.2, 0.25) is 5.91 Å². The smallest absolute Gasteiger partial charge is 0.264 e. The van der Waals surface area contributed by atoms with Crippen LogP contribution < -0.4 is 4.31 Å². The van der Waals surface area contributed by atoms with Crippen molar-refractivity contribution in [3.05, 3.63) is 60.2 Å². The zero-order chi connectivity index (χ0) is 23.4. The molecule has 0 unspecified atom stereocenters. The standard InChI is InChI=1S/C25H31N3O4S/c1-26(22-10-4-2-5-11-22)33(31,32)23-12-8-9-21(19-23)25(30)28-17-13-20(14-18-28)24(29)27-15-6-3-7-16-27/h2,4-5,8-12,19-20H,3,6-7,13-18H2,1H3. The predicted molar refractivity (Wildman–Crippen MR) is 128 cm³/mol. The van der Waals surface area contributed by atoms with Crippen LogP contribution in [-0.2, 0) is 14.8 Å². The average molecular weight is 470 g/mol. The summed E-state index contributed by atoms with van der Waals surface area (Å²) >= 11 is 0. The molecule has 0 aromatic heterocycles. The van der Waals surface area contributed by atoms with Crippen LogP contribution >= 0.6 is 0 Å². The van der Waals surface area contributed by atoms with Gasteiger partial charge in [-0.1, -0.05) is 24.3 Å². The fourth-order valence-electron chi connectivity index (χ4n) is 4.61. The molecule has 0 radical (unpaired) electrons. The zero-order valence-electron chi connectivity index (χ0n) is 19.0. The largest absolute Gasteiger partial charge is 0.342 e. The summed E-state index contributed by atoms with van der Waals surface area (Å²) in [4.78, 5) is 29.7. The number of hydrogen-bond acceptors (Lipinski definition) is 4. The Morgan fingerprint density at radius 1 is 0.848 bits per heavy atom. The Kier molecular flexibility index (Phi) is 7.02. The minimum absolute atomic E-state index is 0.0293. The van der Waals surface area contributed by atoms with Crippen LogP contribution in [0.1, 0.15) is 42.5 Å². The lowest BCUT2D eigenvalue weighted by Gasteiger charge is -2.35. The lowest BCUT2D eigenvalue weighted by atomic mass is 9.94. The molecule has 2 aromatic carbocycles. The number of anilines is 1. The van der Waals surface area contributed by atoms with Crippen LogP contribution in [0.25, 0.3) is 0 Å². The van der Waals surface area contributed by atoms with Crippen molar-refractivity contribution in [1.29, 1.82) is 0 Å². The number of piperidine rings is 2. The molecular weight excluding hydrogens is 438 g/mol. The highest BCUT2D eigenvalue weighted by molar-refractivity contribution is 7.92. The van der Waals surface area contributed by atoms with Crippen LogP contribution in [0.15, 0.2) is 59.5 Å². The number of carbonyl (C=O) groups excluding carboxylic acids is 2. The van der Waals surface area contributed by atoms with Crippen molar-refractivity contribution in [3.8, 4) is 0 Å². The van der Waals surface area contributed by atoms with E-state index in [0.717, 1.165) is 25.9 Å². The molecule has 0 N–H and O–H groups in total. The molecule has 0 atom stereocenters. The van der Waals surface area contributed by atoms with E-state index in [1.807, 2.05) is 11.0 Å². The predicted octanol–water partition coefficient (Wildman–Crippen LogP) is 3.38. The van der Waals surface area contributed by atoms with Gasteiger partial charge in [-0.25, -0.2) is 8.42 Å². The van der Waals surface area contributed by atoms with Crippen molar-refractivity contribution < 1.29 is 18.0 Å². The number of nitrogens with zero attached hydrogens (tertiary/aromatic N) is 3. The molecule has 0 spiro atoms.